The van der Waals surface area contributed by atoms with E-state index in [-0.39, 0.29) is 30.3 Å². The topological polar surface area (TPSA) is 43.8 Å². The predicted octanol–water partition coefficient (Wildman–Crippen LogP) is 1.43. The standard InChI is InChI=1S/C17H23FN2O2/c18-14-4-1-3-13(11-14)12-17(22)20-9-7-19(8-10-20)15-5-2-6-16(15)21/h1,3-4,11,15-16,21H,2,5-10,12H2. The van der Waals surface area contributed by atoms with Crippen molar-refractivity contribution >= 4 is 5.91 Å². The van der Waals surface area contributed by atoms with Crippen molar-refractivity contribution in [1.29, 1.82) is 0 Å². The fourth-order valence-corrected chi connectivity index (χ4v) is 3.58. The largest absolute Gasteiger partial charge is 0.391 e. The third-order valence-corrected chi connectivity index (χ3v) is 4.82. The lowest BCUT2D eigenvalue weighted by atomic mass is 10.1. The zero-order valence-electron chi connectivity index (χ0n) is 12.7. The number of rotatable bonds is 3. The summed E-state index contributed by atoms with van der Waals surface area (Å²) in [5.74, 6) is -0.248. The van der Waals surface area contributed by atoms with E-state index in [1.807, 2.05) is 4.90 Å². The Balaban J connectivity index is 1.51. The van der Waals surface area contributed by atoms with E-state index < -0.39 is 0 Å². The van der Waals surface area contributed by atoms with Gasteiger partial charge in [0, 0.05) is 32.2 Å². The van der Waals surface area contributed by atoms with Crippen LogP contribution in [0.4, 0.5) is 4.39 Å². The predicted molar refractivity (Wildman–Crippen MR) is 81.9 cm³/mol. The molecule has 1 amide bonds. The van der Waals surface area contributed by atoms with Gasteiger partial charge in [0.25, 0.3) is 0 Å². The number of carbonyl (C=O) groups is 1. The Bertz CT molecular complexity index is 529. The molecule has 2 fully saturated rings. The van der Waals surface area contributed by atoms with Crippen LogP contribution < -0.4 is 0 Å². The minimum absolute atomic E-state index is 0.0530. The van der Waals surface area contributed by atoms with Crippen LogP contribution >= 0.6 is 0 Å². The number of amides is 1. The number of aliphatic hydroxyl groups excluding tert-OH is 1. The first kappa shape index (κ1) is 15.4. The molecule has 1 saturated carbocycles. The normalized spacial score (nSPS) is 26.4. The minimum Gasteiger partial charge on any atom is -0.391 e. The molecular formula is C17H23FN2O2. The van der Waals surface area contributed by atoms with Crippen molar-refractivity contribution in [1.82, 2.24) is 9.80 Å². The highest BCUT2D eigenvalue weighted by Gasteiger charge is 2.33. The minimum atomic E-state index is -0.301. The summed E-state index contributed by atoms with van der Waals surface area (Å²) in [7, 11) is 0. The number of aliphatic hydroxyl groups is 1. The molecule has 1 aliphatic heterocycles. The van der Waals surface area contributed by atoms with Crippen LogP contribution in [0.5, 0.6) is 0 Å². The maximum atomic E-state index is 13.2. The van der Waals surface area contributed by atoms with Crippen LogP contribution in [-0.2, 0) is 11.2 Å². The third kappa shape index (κ3) is 3.47. The number of hydrogen-bond acceptors (Lipinski definition) is 3. The first-order chi connectivity index (χ1) is 10.6. The Morgan fingerprint density at radius 1 is 1.23 bits per heavy atom. The average molecular weight is 306 g/mol. The van der Waals surface area contributed by atoms with Crippen LogP contribution in [-0.4, -0.2) is 59.1 Å². The molecule has 0 aromatic heterocycles. The SMILES string of the molecule is O=C(Cc1cccc(F)c1)N1CCN(C2CCCC2O)CC1. The smallest absolute Gasteiger partial charge is 0.227 e. The van der Waals surface area contributed by atoms with E-state index in [4.69, 9.17) is 0 Å². The van der Waals surface area contributed by atoms with Gasteiger partial charge in [-0.15, -0.1) is 0 Å². The summed E-state index contributed by atoms with van der Waals surface area (Å²) in [5, 5.41) is 9.98. The molecular weight excluding hydrogens is 283 g/mol. The van der Waals surface area contributed by atoms with Gasteiger partial charge < -0.3 is 10.0 Å². The van der Waals surface area contributed by atoms with E-state index in [9.17, 15) is 14.3 Å². The Hall–Kier alpha value is -1.46. The molecule has 3 rings (SSSR count). The summed E-state index contributed by atoms with van der Waals surface area (Å²) >= 11 is 0. The number of nitrogens with zero attached hydrogens (tertiary/aromatic N) is 2. The van der Waals surface area contributed by atoms with E-state index in [1.165, 1.54) is 12.1 Å². The Labute approximate surface area is 130 Å². The second-order valence-electron chi connectivity index (χ2n) is 6.29. The monoisotopic (exact) mass is 306 g/mol. The van der Waals surface area contributed by atoms with E-state index in [1.54, 1.807) is 12.1 Å². The summed E-state index contributed by atoms with van der Waals surface area (Å²) in [6.07, 6.45) is 3.07. The molecule has 2 unspecified atom stereocenters. The first-order valence-electron chi connectivity index (χ1n) is 8.08. The van der Waals surface area contributed by atoms with Gasteiger partial charge in [-0.25, -0.2) is 4.39 Å². The van der Waals surface area contributed by atoms with Crippen molar-refractivity contribution in [2.75, 3.05) is 26.2 Å². The van der Waals surface area contributed by atoms with E-state index >= 15 is 0 Å². The number of hydrogen-bond donors (Lipinski definition) is 1. The molecule has 1 heterocycles. The molecule has 1 N–H and O–H groups in total. The molecule has 4 nitrogen and oxygen atoms in total. The molecule has 120 valence electrons. The van der Waals surface area contributed by atoms with Gasteiger partial charge in [-0.3, -0.25) is 9.69 Å². The van der Waals surface area contributed by atoms with Crippen LogP contribution in [0.25, 0.3) is 0 Å². The quantitative estimate of drug-likeness (QED) is 0.919. The maximum absolute atomic E-state index is 13.2. The van der Waals surface area contributed by atoms with Gasteiger partial charge in [0.2, 0.25) is 5.91 Å². The number of halogens is 1. The first-order valence-corrected chi connectivity index (χ1v) is 8.08. The second-order valence-corrected chi connectivity index (χ2v) is 6.29. The van der Waals surface area contributed by atoms with E-state index in [0.717, 1.165) is 37.9 Å². The second kappa shape index (κ2) is 6.75. The van der Waals surface area contributed by atoms with Crippen LogP contribution in [0.2, 0.25) is 0 Å². The lowest BCUT2D eigenvalue weighted by Gasteiger charge is -2.39. The highest BCUT2D eigenvalue weighted by Crippen LogP contribution is 2.25. The van der Waals surface area contributed by atoms with Crippen molar-refractivity contribution in [2.24, 2.45) is 0 Å². The van der Waals surface area contributed by atoms with Crippen molar-refractivity contribution in [3.05, 3.63) is 35.6 Å². The highest BCUT2D eigenvalue weighted by atomic mass is 19.1. The van der Waals surface area contributed by atoms with Crippen molar-refractivity contribution in [3.8, 4) is 0 Å². The van der Waals surface area contributed by atoms with Crippen molar-refractivity contribution < 1.29 is 14.3 Å². The summed E-state index contributed by atoms with van der Waals surface area (Å²) in [6, 6.07) is 6.49. The van der Waals surface area contributed by atoms with Crippen LogP contribution in [0.15, 0.2) is 24.3 Å². The fourth-order valence-electron chi connectivity index (χ4n) is 3.58. The van der Waals surface area contributed by atoms with Gasteiger partial charge in [0.15, 0.2) is 0 Å². The summed E-state index contributed by atoms with van der Waals surface area (Å²) in [5.41, 5.74) is 0.721. The van der Waals surface area contributed by atoms with Crippen molar-refractivity contribution in [2.45, 2.75) is 37.8 Å². The van der Waals surface area contributed by atoms with Crippen LogP contribution in [0.3, 0.4) is 0 Å². The van der Waals surface area contributed by atoms with Crippen LogP contribution in [0.1, 0.15) is 24.8 Å². The Morgan fingerprint density at radius 2 is 2.00 bits per heavy atom. The number of piperazine rings is 1. The third-order valence-electron chi connectivity index (χ3n) is 4.82. The van der Waals surface area contributed by atoms with Gasteiger partial charge in [-0.2, -0.15) is 0 Å². The fraction of sp³-hybridized carbons (Fsp3) is 0.588. The summed E-state index contributed by atoms with van der Waals surface area (Å²) in [4.78, 5) is 16.5. The summed E-state index contributed by atoms with van der Waals surface area (Å²) < 4.78 is 13.2. The lowest BCUT2D eigenvalue weighted by molar-refractivity contribution is -0.132. The molecule has 2 atom stereocenters. The van der Waals surface area contributed by atoms with E-state index in [0.29, 0.717) is 13.1 Å². The average Bonchev–Trinajstić information content (AvgIpc) is 2.93. The number of benzene rings is 1. The number of carbonyl (C=O) groups excluding carboxylic acids is 1. The molecule has 1 aliphatic carbocycles. The lowest BCUT2D eigenvalue weighted by Crippen LogP contribution is -2.53. The molecule has 1 aromatic rings. The van der Waals surface area contributed by atoms with Gasteiger partial charge in [-0.05, 0) is 37.0 Å². The molecule has 2 aliphatic rings. The van der Waals surface area contributed by atoms with Crippen molar-refractivity contribution in [3.63, 3.8) is 0 Å². The molecule has 0 radical (unpaired) electrons. The van der Waals surface area contributed by atoms with Crippen LogP contribution in [0, 0.1) is 5.82 Å². The Morgan fingerprint density at radius 3 is 2.64 bits per heavy atom. The summed E-state index contributed by atoms with van der Waals surface area (Å²) in [6.45, 7) is 3.02. The molecule has 1 saturated heterocycles. The molecule has 5 heteroatoms. The molecule has 1 aromatic carbocycles. The zero-order chi connectivity index (χ0) is 15.5. The molecule has 0 spiro atoms. The highest BCUT2D eigenvalue weighted by molar-refractivity contribution is 5.78. The van der Waals surface area contributed by atoms with Gasteiger partial charge in [0.05, 0.1) is 12.5 Å². The van der Waals surface area contributed by atoms with E-state index in [2.05, 4.69) is 4.90 Å². The molecule has 22 heavy (non-hydrogen) atoms. The zero-order valence-corrected chi connectivity index (χ0v) is 12.7. The molecule has 0 bridgehead atoms. The Kier molecular flexibility index (Phi) is 4.74. The maximum Gasteiger partial charge on any atom is 0.227 e. The van der Waals surface area contributed by atoms with Gasteiger partial charge in [0.1, 0.15) is 5.82 Å². The van der Waals surface area contributed by atoms with Gasteiger partial charge in [-0.1, -0.05) is 12.1 Å². The van der Waals surface area contributed by atoms with Gasteiger partial charge >= 0.3 is 0 Å².